The van der Waals surface area contributed by atoms with E-state index < -0.39 is 0 Å². The number of carbonyl (C=O) groups excluding carboxylic acids is 2. The number of nitrogens with two attached hydrogens (primary N) is 1. The molecule has 30 heavy (non-hydrogen) atoms. The molecule has 2 amide bonds. The van der Waals surface area contributed by atoms with Crippen LogP contribution in [0, 0.1) is 11.3 Å². The van der Waals surface area contributed by atoms with Crippen LogP contribution in [0.1, 0.15) is 32.8 Å². The molecule has 1 aliphatic heterocycles. The Balaban J connectivity index is 0.000000544. The summed E-state index contributed by atoms with van der Waals surface area (Å²) in [5, 5.41) is 12.7. The molecule has 1 aliphatic rings. The summed E-state index contributed by atoms with van der Waals surface area (Å²) >= 11 is 0. The number of pyridine rings is 1. The number of likely N-dealkylation sites (tertiary alicyclic amines) is 1. The average molecular weight is 658 g/mol. The van der Waals surface area contributed by atoms with E-state index in [1.54, 1.807) is 43.3 Å². The maximum Gasteiger partial charge on any atom is 0.243 e. The minimum Gasteiger partial charge on any atom is -0.442 e. The van der Waals surface area contributed by atoms with Gasteiger partial charge in [0, 0.05) is 31.9 Å². The van der Waals surface area contributed by atoms with Crippen LogP contribution < -0.4 is 16.4 Å². The first-order valence-corrected chi connectivity index (χ1v) is 9.60. The monoisotopic (exact) mass is 657 g/mol. The number of hydrogen-bond donors (Lipinski definition) is 4. The van der Waals surface area contributed by atoms with E-state index in [0.29, 0.717) is 29.6 Å². The first-order chi connectivity index (χ1) is 13.8. The first-order valence-electron chi connectivity index (χ1n) is 9.60. The number of rotatable bonds is 6. The van der Waals surface area contributed by atoms with Gasteiger partial charge >= 0.3 is 0 Å². The molecule has 2 rings (SSSR count). The molecular formula is C21H31MdN6O2-. The normalized spacial score (nSPS) is 16.0. The van der Waals surface area contributed by atoms with Crippen LogP contribution in [-0.4, -0.2) is 54.6 Å². The molecule has 171 valence electrons. The van der Waals surface area contributed by atoms with Crippen LogP contribution in [0.3, 0.4) is 0 Å². The van der Waals surface area contributed by atoms with Gasteiger partial charge in [-0.15, -0.1) is 0 Å². The number of nitrogens with zero attached hydrogens (tertiary/aromatic N) is 2. The fourth-order valence-electron chi connectivity index (χ4n) is 2.63. The molecule has 0 saturated carbocycles. The molecule has 1 atom stereocenters. The van der Waals surface area contributed by atoms with E-state index in [1.807, 2.05) is 6.92 Å². The van der Waals surface area contributed by atoms with Gasteiger partial charge < -0.3 is 31.5 Å². The number of likely N-dealkylation sites (N-methyl/N-ethyl adjacent to an activating group) is 1. The second kappa shape index (κ2) is 13.1. The Morgan fingerprint density at radius 1 is 1.43 bits per heavy atom. The average Bonchev–Trinajstić information content (AvgIpc) is 3.15. The second-order valence-electron chi connectivity index (χ2n) is 6.76. The molecule has 8 nitrogen and oxygen atoms in total. The van der Waals surface area contributed by atoms with E-state index in [0.717, 1.165) is 25.1 Å². The predicted molar refractivity (Wildman–Crippen MR) is 116 cm³/mol. The molecule has 0 spiro atoms. The second-order valence-corrected chi connectivity index (χ2v) is 6.76. The summed E-state index contributed by atoms with van der Waals surface area (Å²) in [5.74, 6) is 0.849. The molecule has 0 aliphatic carbocycles. The van der Waals surface area contributed by atoms with Gasteiger partial charge in [0.15, 0.2) is 0 Å². The van der Waals surface area contributed by atoms with Crippen molar-refractivity contribution in [2.75, 3.05) is 32.4 Å². The van der Waals surface area contributed by atoms with Crippen molar-refractivity contribution in [1.82, 2.24) is 20.5 Å². The van der Waals surface area contributed by atoms with E-state index in [-0.39, 0.29) is 11.8 Å². The van der Waals surface area contributed by atoms with Crippen LogP contribution >= 0.6 is 0 Å². The van der Waals surface area contributed by atoms with Gasteiger partial charge in [-0.2, -0.15) is 0 Å². The maximum absolute atomic E-state index is 12.0. The Morgan fingerprint density at radius 2 is 2.13 bits per heavy atom. The Kier molecular flexibility index (Phi) is 11.3. The van der Waals surface area contributed by atoms with Crippen LogP contribution in [0.5, 0.6) is 0 Å². The van der Waals surface area contributed by atoms with Crippen molar-refractivity contribution in [2.24, 2.45) is 5.92 Å². The minimum atomic E-state index is -0.107. The third kappa shape index (κ3) is 8.24. The van der Waals surface area contributed by atoms with Gasteiger partial charge in [0.1, 0.15) is 11.7 Å². The molecular weight excluding hydrogens is 626 g/mol. The molecule has 1 aromatic heterocycles. The van der Waals surface area contributed by atoms with Gasteiger partial charge in [-0.1, -0.05) is 31.3 Å². The molecule has 1 fully saturated rings. The number of anilines is 1. The van der Waals surface area contributed by atoms with Gasteiger partial charge in [0.2, 0.25) is 5.91 Å². The third-order valence-corrected chi connectivity index (χ3v) is 4.39. The number of allylic oxidation sites excluding steroid dienone is 1. The van der Waals surface area contributed by atoms with E-state index in [4.69, 9.17) is 11.1 Å². The van der Waals surface area contributed by atoms with Gasteiger partial charge in [0.25, 0.3) is 0 Å². The van der Waals surface area contributed by atoms with Crippen molar-refractivity contribution in [3.05, 3.63) is 41.2 Å². The zero-order valence-corrected chi connectivity index (χ0v) is 20.2. The summed E-state index contributed by atoms with van der Waals surface area (Å²) in [5.41, 5.74) is 7.31. The molecule has 1 radical (unpaired) electrons. The number of nitrogens with one attached hydrogen (secondary N) is 3. The molecule has 0 aromatic carbocycles. The largest absolute Gasteiger partial charge is 0.442 e. The molecule has 5 N–H and O–H groups in total. The number of nitrogen functional groups attached to an aromatic ring is 1. The van der Waals surface area contributed by atoms with Crippen molar-refractivity contribution in [1.29, 1.82) is 5.41 Å². The predicted octanol–water partition coefficient (Wildman–Crippen LogP) is 1.69. The van der Waals surface area contributed by atoms with Crippen LogP contribution in [0.15, 0.2) is 35.7 Å². The van der Waals surface area contributed by atoms with E-state index >= 15 is 0 Å². The van der Waals surface area contributed by atoms with Crippen molar-refractivity contribution in [3.63, 3.8) is 0 Å². The SMILES string of the molecule is CCNC(=O)/C=C/c1ccc(N)nc1.CN/C(C)=C(\[C-]=N)C(=O)N1CCC(C)C1.[Md]. The van der Waals surface area contributed by atoms with Crippen LogP contribution in [-0.2, 0) is 9.59 Å². The summed E-state index contributed by atoms with van der Waals surface area (Å²) in [4.78, 5) is 28.7. The summed E-state index contributed by atoms with van der Waals surface area (Å²) in [6.45, 7) is 8.01. The summed E-state index contributed by atoms with van der Waals surface area (Å²) in [7, 11) is 1.74. The van der Waals surface area contributed by atoms with Crippen LogP contribution in [0.4, 0.5) is 5.82 Å². The number of aromatic nitrogens is 1. The van der Waals surface area contributed by atoms with Crippen molar-refractivity contribution in [3.8, 4) is 0 Å². The quantitative estimate of drug-likeness (QED) is 0.211. The Morgan fingerprint density at radius 3 is 2.60 bits per heavy atom. The van der Waals surface area contributed by atoms with E-state index in [2.05, 4.69) is 28.8 Å². The van der Waals surface area contributed by atoms with Gasteiger partial charge in [-0.3, -0.25) is 4.79 Å². The molecule has 2 heterocycles. The topological polar surface area (TPSA) is 124 Å². The summed E-state index contributed by atoms with van der Waals surface area (Å²) < 4.78 is 0. The molecule has 9 heteroatoms. The van der Waals surface area contributed by atoms with Gasteiger partial charge in [-0.05, 0) is 50.1 Å². The maximum atomic E-state index is 12.0. The Labute approximate surface area is 172 Å². The smallest absolute Gasteiger partial charge is 0.243 e. The summed E-state index contributed by atoms with van der Waals surface area (Å²) in [6, 6.07) is 3.50. The van der Waals surface area contributed by atoms with Crippen molar-refractivity contribution >= 4 is 29.9 Å². The fraction of sp³-hybridized carbons (Fsp3) is 0.429. The van der Waals surface area contributed by atoms with Crippen molar-refractivity contribution < 1.29 is 9.59 Å². The van der Waals surface area contributed by atoms with Crippen LogP contribution in [0.2, 0.25) is 0 Å². The summed E-state index contributed by atoms with van der Waals surface area (Å²) in [6.07, 6.45) is 8.05. The Hall–Kier alpha value is -4.16. The zero-order chi connectivity index (χ0) is 21.8. The molecule has 1 unspecified atom stereocenters. The number of hydrogen-bond acceptors (Lipinski definition) is 6. The minimum absolute atomic E-state index is 0. The third-order valence-electron chi connectivity index (χ3n) is 4.39. The molecule has 1 saturated heterocycles. The van der Waals surface area contributed by atoms with E-state index in [1.165, 1.54) is 6.08 Å². The zero-order valence-electron chi connectivity index (χ0n) is 17.9. The Bertz CT molecular complexity index is 761. The van der Waals surface area contributed by atoms with Crippen LogP contribution in [0.25, 0.3) is 6.08 Å². The molecule has 1 aromatic rings. The van der Waals surface area contributed by atoms with E-state index in [9.17, 15) is 9.59 Å². The van der Waals surface area contributed by atoms with Crippen molar-refractivity contribution in [2.45, 2.75) is 27.2 Å². The van der Waals surface area contributed by atoms with Gasteiger partial charge in [-0.25, -0.2) is 4.98 Å². The fourth-order valence-corrected chi connectivity index (χ4v) is 2.63. The standard InChI is InChI=1S/C11H18N3O.C10H13N3O.Md/c1-8-4-5-14(7-8)11(15)10(6-12)9(2)13-3;1-2-12-10(14)6-4-8-3-5-9(11)13-7-8;/h8,12-13H,4-5,7H2,1-3H3;3-7H,2H2,1H3,(H2,11,13)(H,12,14);/q-1;;/b10-9+;6-4+;. The number of amides is 2. The number of carbonyl (C=O) groups is 2. The molecule has 0 bridgehead atoms. The first kappa shape index (κ1) is 25.8. The van der Waals surface area contributed by atoms with Gasteiger partial charge in [0.05, 0.1) is 0 Å².